The molecule has 6 heteroatoms. The highest BCUT2D eigenvalue weighted by molar-refractivity contribution is 5.89. The van der Waals surface area contributed by atoms with Gasteiger partial charge in [-0.15, -0.1) is 0 Å². The highest BCUT2D eigenvalue weighted by Crippen LogP contribution is 2.27. The van der Waals surface area contributed by atoms with Gasteiger partial charge in [0, 0.05) is 45.6 Å². The smallest absolute Gasteiger partial charge is 0.228 e. The molecule has 1 N–H and O–H groups in total. The van der Waals surface area contributed by atoms with E-state index in [2.05, 4.69) is 5.32 Å². The van der Waals surface area contributed by atoms with E-state index in [4.69, 9.17) is 0 Å². The molecule has 1 saturated carbocycles. The second kappa shape index (κ2) is 7.99. The molecule has 0 aromatic carbocycles. The zero-order chi connectivity index (χ0) is 16.9. The molecule has 3 fully saturated rings. The van der Waals surface area contributed by atoms with Gasteiger partial charge in [0.25, 0.3) is 0 Å². The number of carbonyl (C=O) groups excluding carboxylic acids is 3. The number of hydrogen-bond donors (Lipinski definition) is 1. The molecule has 2 heterocycles. The number of rotatable bonds is 4. The van der Waals surface area contributed by atoms with Gasteiger partial charge in [0.2, 0.25) is 17.7 Å². The van der Waals surface area contributed by atoms with Gasteiger partial charge >= 0.3 is 0 Å². The van der Waals surface area contributed by atoms with Crippen LogP contribution in [0.25, 0.3) is 0 Å². The van der Waals surface area contributed by atoms with E-state index in [1.807, 2.05) is 9.80 Å². The second-order valence-corrected chi connectivity index (χ2v) is 7.45. The Kier molecular flexibility index (Phi) is 5.74. The minimum Gasteiger partial charge on any atom is -0.355 e. The maximum Gasteiger partial charge on any atom is 0.228 e. The first-order chi connectivity index (χ1) is 11.6. The van der Waals surface area contributed by atoms with Crippen molar-refractivity contribution in [3.63, 3.8) is 0 Å². The van der Waals surface area contributed by atoms with Gasteiger partial charge in [0.1, 0.15) is 0 Å². The summed E-state index contributed by atoms with van der Waals surface area (Å²) in [5.41, 5.74) is 0. The maximum atomic E-state index is 12.4. The highest BCUT2D eigenvalue weighted by Gasteiger charge is 2.33. The molecule has 24 heavy (non-hydrogen) atoms. The molecule has 6 nitrogen and oxygen atoms in total. The molecule has 0 radical (unpaired) electrons. The summed E-state index contributed by atoms with van der Waals surface area (Å²) in [6.45, 7) is 2.91. The van der Waals surface area contributed by atoms with Crippen molar-refractivity contribution in [1.29, 1.82) is 0 Å². The molecule has 2 saturated heterocycles. The molecule has 1 atom stereocenters. The first kappa shape index (κ1) is 17.2. The fourth-order valence-electron chi connectivity index (χ4n) is 4.18. The fourth-order valence-corrected chi connectivity index (χ4v) is 4.18. The predicted octanol–water partition coefficient (Wildman–Crippen LogP) is 1.15. The summed E-state index contributed by atoms with van der Waals surface area (Å²) >= 11 is 0. The van der Waals surface area contributed by atoms with Crippen LogP contribution in [0.1, 0.15) is 51.4 Å². The van der Waals surface area contributed by atoms with Crippen LogP contribution in [0.15, 0.2) is 0 Å². The molecule has 1 unspecified atom stereocenters. The number of hydrogen-bond acceptors (Lipinski definition) is 3. The largest absolute Gasteiger partial charge is 0.355 e. The molecule has 0 aromatic rings. The van der Waals surface area contributed by atoms with Gasteiger partial charge in [-0.05, 0) is 12.3 Å². The van der Waals surface area contributed by atoms with E-state index in [0.717, 1.165) is 12.3 Å². The van der Waals surface area contributed by atoms with Crippen LogP contribution in [0.5, 0.6) is 0 Å². The number of piperazine rings is 1. The topological polar surface area (TPSA) is 69.7 Å². The van der Waals surface area contributed by atoms with E-state index in [-0.39, 0.29) is 23.6 Å². The molecule has 3 amide bonds. The van der Waals surface area contributed by atoms with Gasteiger partial charge in [-0.2, -0.15) is 0 Å². The Hall–Kier alpha value is -1.59. The van der Waals surface area contributed by atoms with E-state index in [1.165, 1.54) is 32.1 Å². The molecule has 2 aliphatic heterocycles. The van der Waals surface area contributed by atoms with Crippen molar-refractivity contribution in [1.82, 2.24) is 15.1 Å². The molecular formula is C18H29N3O3. The lowest BCUT2D eigenvalue weighted by Crippen LogP contribution is -2.52. The third kappa shape index (κ3) is 4.28. The summed E-state index contributed by atoms with van der Waals surface area (Å²) in [4.78, 5) is 39.7. The van der Waals surface area contributed by atoms with Crippen molar-refractivity contribution in [2.45, 2.75) is 51.4 Å². The maximum absolute atomic E-state index is 12.4. The molecule has 0 aromatic heterocycles. The Labute approximate surface area is 143 Å². The van der Waals surface area contributed by atoms with Gasteiger partial charge in [0.15, 0.2) is 0 Å². The minimum absolute atomic E-state index is 0.0372. The summed E-state index contributed by atoms with van der Waals surface area (Å²) in [7, 11) is 0. The first-order valence-electron chi connectivity index (χ1n) is 9.47. The third-order valence-electron chi connectivity index (χ3n) is 5.76. The number of nitrogens with one attached hydrogen (secondary N) is 1. The van der Waals surface area contributed by atoms with Crippen molar-refractivity contribution in [2.24, 2.45) is 11.8 Å². The number of nitrogens with zero attached hydrogens (tertiary/aromatic N) is 2. The average Bonchev–Trinajstić information content (AvgIpc) is 3.06. The van der Waals surface area contributed by atoms with Crippen LogP contribution < -0.4 is 5.32 Å². The zero-order valence-electron chi connectivity index (χ0n) is 14.5. The van der Waals surface area contributed by atoms with E-state index < -0.39 is 0 Å². The summed E-state index contributed by atoms with van der Waals surface area (Å²) in [6.07, 6.45) is 8.53. The summed E-state index contributed by atoms with van der Waals surface area (Å²) in [5, 5.41) is 2.71. The molecule has 134 valence electrons. The Morgan fingerprint density at radius 2 is 1.67 bits per heavy atom. The lowest BCUT2D eigenvalue weighted by molar-refractivity contribution is -0.142. The SMILES string of the molecule is O=C1CC(C(=O)N2CCN(C(=O)CCC3CCCCC3)CC2)CN1. The quantitative estimate of drug-likeness (QED) is 0.838. The first-order valence-corrected chi connectivity index (χ1v) is 9.47. The fraction of sp³-hybridized carbons (Fsp3) is 0.833. The normalized spacial score (nSPS) is 25.7. The second-order valence-electron chi connectivity index (χ2n) is 7.45. The van der Waals surface area contributed by atoms with Crippen molar-refractivity contribution in [3.05, 3.63) is 0 Å². The molecular weight excluding hydrogens is 306 g/mol. The van der Waals surface area contributed by atoms with Crippen LogP contribution in [0, 0.1) is 11.8 Å². The van der Waals surface area contributed by atoms with Crippen LogP contribution in [-0.4, -0.2) is 60.2 Å². The average molecular weight is 335 g/mol. The highest BCUT2D eigenvalue weighted by atomic mass is 16.2. The van der Waals surface area contributed by atoms with Crippen molar-refractivity contribution in [2.75, 3.05) is 32.7 Å². The third-order valence-corrected chi connectivity index (χ3v) is 5.76. The van der Waals surface area contributed by atoms with Gasteiger partial charge in [-0.25, -0.2) is 0 Å². The van der Waals surface area contributed by atoms with E-state index in [9.17, 15) is 14.4 Å². The Morgan fingerprint density at radius 3 is 2.29 bits per heavy atom. The molecule has 1 aliphatic carbocycles. The van der Waals surface area contributed by atoms with Crippen LogP contribution >= 0.6 is 0 Å². The van der Waals surface area contributed by atoms with E-state index in [1.54, 1.807) is 0 Å². The summed E-state index contributed by atoms with van der Waals surface area (Å²) in [6, 6.07) is 0. The molecule has 0 bridgehead atoms. The van der Waals surface area contributed by atoms with Crippen molar-refractivity contribution >= 4 is 17.7 Å². The lowest BCUT2D eigenvalue weighted by Gasteiger charge is -2.36. The minimum atomic E-state index is -0.217. The van der Waals surface area contributed by atoms with Gasteiger partial charge in [-0.3, -0.25) is 14.4 Å². The molecule has 0 spiro atoms. The van der Waals surface area contributed by atoms with Crippen molar-refractivity contribution < 1.29 is 14.4 Å². The lowest BCUT2D eigenvalue weighted by atomic mass is 9.86. The Morgan fingerprint density at radius 1 is 1.00 bits per heavy atom. The number of amides is 3. The summed E-state index contributed by atoms with van der Waals surface area (Å²) < 4.78 is 0. The van der Waals surface area contributed by atoms with E-state index in [0.29, 0.717) is 45.6 Å². The Balaban J connectivity index is 1.38. The number of carbonyl (C=O) groups is 3. The zero-order valence-corrected chi connectivity index (χ0v) is 14.5. The predicted molar refractivity (Wildman–Crippen MR) is 90.1 cm³/mol. The van der Waals surface area contributed by atoms with Crippen LogP contribution in [0.4, 0.5) is 0 Å². The Bertz CT molecular complexity index is 480. The standard InChI is InChI=1S/C18H29N3O3/c22-16-12-15(13-19-16)18(24)21-10-8-20(9-11-21)17(23)7-6-14-4-2-1-3-5-14/h14-15H,1-13H2,(H,19,22). The molecule has 3 aliphatic rings. The van der Waals surface area contributed by atoms with Gasteiger partial charge in [-0.1, -0.05) is 32.1 Å². The van der Waals surface area contributed by atoms with E-state index >= 15 is 0 Å². The van der Waals surface area contributed by atoms with Gasteiger partial charge in [0.05, 0.1) is 5.92 Å². The van der Waals surface area contributed by atoms with Crippen LogP contribution in [0.3, 0.4) is 0 Å². The molecule has 3 rings (SSSR count). The van der Waals surface area contributed by atoms with Crippen LogP contribution in [-0.2, 0) is 14.4 Å². The van der Waals surface area contributed by atoms with Crippen LogP contribution in [0.2, 0.25) is 0 Å². The van der Waals surface area contributed by atoms with Crippen molar-refractivity contribution in [3.8, 4) is 0 Å². The van der Waals surface area contributed by atoms with Gasteiger partial charge < -0.3 is 15.1 Å². The summed E-state index contributed by atoms with van der Waals surface area (Å²) in [5.74, 6) is 0.780. The monoisotopic (exact) mass is 335 g/mol.